The van der Waals surface area contributed by atoms with Crippen molar-refractivity contribution in [3.8, 4) is 0 Å². The molecule has 1 heterocycles. The van der Waals surface area contributed by atoms with E-state index in [1.165, 1.54) is 12.8 Å². The number of nitrogens with one attached hydrogen (secondary N) is 1. The molecule has 0 spiro atoms. The smallest absolute Gasteiger partial charge is 0.0861 e. The molecule has 3 nitrogen and oxygen atoms in total. The summed E-state index contributed by atoms with van der Waals surface area (Å²) in [6.07, 6.45) is 1.83. The van der Waals surface area contributed by atoms with Crippen molar-refractivity contribution in [1.82, 2.24) is 5.32 Å². The second-order valence-electron chi connectivity index (χ2n) is 3.12. The van der Waals surface area contributed by atoms with Crippen molar-refractivity contribution >= 4 is 11.8 Å². The minimum absolute atomic E-state index is 0.113. The van der Waals surface area contributed by atoms with Crippen LogP contribution in [0.5, 0.6) is 0 Å². The number of rotatable bonds is 4. The lowest BCUT2D eigenvalue weighted by atomic mass is 10.2. The van der Waals surface area contributed by atoms with E-state index in [2.05, 4.69) is 5.32 Å². The molecule has 1 unspecified atom stereocenters. The summed E-state index contributed by atoms with van der Waals surface area (Å²) in [5.74, 6) is 0.668. The summed E-state index contributed by atoms with van der Waals surface area (Å²) in [6.45, 7) is 2.07. The molecule has 0 aromatic heterocycles. The Morgan fingerprint density at radius 3 is 2.67 bits per heavy atom. The van der Waals surface area contributed by atoms with E-state index in [1.807, 2.05) is 0 Å². The molecule has 1 aliphatic rings. The van der Waals surface area contributed by atoms with Gasteiger partial charge in [-0.05, 0) is 25.9 Å². The third kappa shape index (κ3) is 3.76. The predicted octanol–water partition coefficient (Wildman–Crippen LogP) is -0.175. The first-order valence-corrected chi connectivity index (χ1v) is 5.49. The lowest BCUT2D eigenvalue weighted by molar-refractivity contribution is 0.113. The second kappa shape index (κ2) is 5.80. The van der Waals surface area contributed by atoms with Crippen LogP contribution in [0.4, 0.5) is 0 Å². The molecule has 1 atom stereocenters. The van der Waals surface area contributed by atoms with Crippen molar-refractivity contribution in [2.75, 3.05) is 25.4 Å². The van der Waals surface area contributed by atoms with Crippen LogP contribution in [0.1, 0.15) is 12.8 Å². The van der Waals surface area contributed by atoms with Gasteiger partial charge in [0.1, 0.15) is 0 Å². The van der Waals surface area contributed by atoms with E-state index in [4.69, 9.17) is 10.2 Å². The quantitative estimate of drug-likeness (QED) is 0.577. The van der Waals surface area contributed by atoms with Crippen molar-refractivity contribution in [3.05, 3.63) is 0 Å². The monoisotopic (exact) mass is 191 g/mol. The zero-order valence-electron chi connectivity index (χ0n) is 7.20. The van der Waals surface area contributed by atoms with Crippen LogP contribution >= 0.6 is 11.8 Å². The van der Waals surface area contributed by atoms with Gasteiger partial charge in [-0.1, -0.05) is 0 Å². The van der Waals surface area contributed by atoms with Crippen molar-refractivity contribution < 1.29 is 10.2 Å². The molecular weight excluding hydrogens is 174 g/mol. The Morgan fingerprint density at radius 1 is 1.42 bits per heavy atom. The lowest BCUT2D eigenvalue weighted by Gasteiger charge is -2.22. The fourth-order valence-corrected chi connectivity index (χ4v) is 2.43. The van der Waals surface area contributed by atoms with Gasteiger partial charge in [0, 0.05) is 11.0 Å². The molecule has 0 aromatic carbocycles. The Labute approximate surface area is 77.5 Å². The molecule has 0 aromatic rings. The first-order chi connectivity index (χ1) is 5.83. The Bertz CT molecular complexity index is 118. The van der Waals surface area contributed by atoms with Crippen LogP contribution in [0.25, 0.3) is 0 Å². The van der Waals surface area contributed by atoms with Crippen LogP contribution in [0.15, 0.2) is 0 Å². The first kappa shape index (κ1) is 10.3. The van der Waals surface area contributed by atoms with Crippen LogP contribution in [-0.4, -0.2) is 47.0 Å². The van der Waals surface area contributed by atoms with Gasteiger partial charge in [-0.25, -0.2) is 0 Å². The molecule has 0 aliphatic carbocycles. The van der Waals surface area contributed by atoms with E-state index >= 15 is 0 Å². The average molecular weight is 191 g/mol. The molecule has 3 N–H and O–H groups in total. The number of hydrogen-bond acceptors (Lipinski definition) is 4. The third-order valence-corrected chi connectivity index (χ3v) is 3.54. The molecule has 0 saturated carbocycles. The van der Waals surface area contributed by atoms with E-state index in [1.54, 1.807) is 11.8 Å². The largest absolute Gasteiger partial charge is 0.394 e. The highest BCUT2D eigenvalue weighted by atomic mass is 32.2. The van der Waals surface area contributed by atoms with Gasteiger partial charge in [0.05, 0.1) is 12.7 Å². The topological polar surface area (TPSA) is 52.5 Å². The minimum Gasteiger partial charge on any atom is -0.394 e. The standard InChI is InChI=1S/C8H17NO2S/c10-5-7(11)6-12-8-1-3-9-4-2-8/h7-11H,1-6H2. The Kier molecular flexibility index (Phi) is 4.99. The van der Waals surface area contributed by atoms with Gasteiger partial charge in [0.2, 0.25) is 0 Å². The highest BCUT2D eigenvalue weighted by molar-refractivity contribution is 7.99. The maximum Gasteiger partial charge on any atom is 0.0861 e. The Morgan fingerprint density at radius 2 is 2.08 bits per heavy atom. The van der Waals surface area contributed by atoms with Crippen molar-refractivity contribution in [1.29, 1.82) is 0 Å². The van der Waals surface area contributed by atoms with Crippen molar-refractivity contribution in [2.24, 2.45) is 0 Å². The molecule has 0 amide bonds. The van der Waals surface area contributed by atoms with Gasteiger partial charge in [-0.15, -0.1) is 0 Å². The maximum atomic E-state index is 9.10. The molecule has 12 heavy (non-hydrogen) atoms. The predicted molar refractivity (Wildman–Crippen MR) is 51.4 cm³/mol. The summed E-state index contributed by atoms with van der Waals surface area (Å²) in [6, 6.07) is 0. The van der Waals surface area contributed by atoms with Crippen LogP contribution in [0.3, 0.4) is 0 Å². The summed E-state index contributed by atoms with van der Waals surface area (Å²) >= 11 is 1.78. The molecule has 1 saturated heterocycles. The highest BCUT2D eigenvalue weighted by Gasteiger charge is 2.14. The summed E-state index contributed by atoms with van der Waals surface area (Å²) in [5.41, 5.74) is 0. The number of thioether (sulfide) groups is 1. The molecular formula is C8H17NO2S. The Hall–Kier alpha value is 0.230. The van der Waals surface area contributed by atoms with Crippen LogP contribution in [0, 0.1) is 0 Å². The van der Waals surface area contributed by atoms with Crippen LogP contribution < -0.4 is 5.32 Å². The lowest BCUT2D eigenvalue weighted by Crippen LogP contribution is -2.30. The molecule has 1 rings (SSSR count). The van der Waals surface area contributed by atoms with Crippen LogP contribution in [0.2, 0.25) is 0 Å². The van der Waals surface area contributed by atoms with Gasteiger partial charge >= 0.3 is 0 Å². The minimum atomic E-state index is -0.537. The van der Waals surface area contributed by atoms with Gasteiger partial charge in [0.25, 0.3) is 0 Å². The molecule has 72 valence electrons. The Balaban J connectivity index is 2.05. The number of aliphatic hydroxyl groups excluding tert-OH is 2. The van der Waals surface area contributed by atoms with Gasteiger partial charge in [-0.3, -0.25) is 0 Å². The molecule has 0 bridgehead atoms. The fourth-order valence-electron chi connectivity index (χ4n) is 1.26. The molecule has 1 fully saturated rings. The first-order valence-electron chi connectivity index (χ1n) is 4.44. The van der Waals surface area contributed by atoms with Crippen molar-refractivity contribution in [2.45, 2.75) is 24.2 Å². The van der Waals surface area contributed by atoms with Crippen molar-refractivity contribution in [3.63, 3.8) is 0 Å². The SMILES string of the molecule is OCC(O)CSC1CCNCC1. The van der Waals surface area contributed by atoms with E-state index < -0.39 is 6.10 Å². The normalized spacial score (nSPS) is 22.5. The fraction of sp³-hybridized carbons (Fsp3) is 1.00. The average Bonchev–Trinajstić information content (AvgIpc) is 2.16. The van der Waals surface area contributed by atoms with Gasteiger partial charge in [0.15, 0.2) is 0 Å². The number of piperidine rings is 1. The summed E-state index contributed by atoms with van der Waals surface area (Å²) in [7, 11) is 0. The molecule has 1 aliphatic heterocycles. The van der Waals surface area contributed by atoms with E-state index in [-0.39, 0.29) is 6.61 Å². The van der Waals surface area contributed by atoms with Crippen LogP contribution in [-0.2, 0) is 0 Å². The molecule has 4 heteroatoms. The number of aliphatic hydroxyl groups is 2. The van der Waals surface area contributed by atoms with E-state index in [0.717, 1.165) is 13.1 Å². The zero-order valence-corrected chi connectivity index (χ0v) is 8.02. The van der Waals surface area contributed by atoms with E-state index in [9.17, 15) is 0 Å². The highest BCUT2D eigenvalue weighted by Crippen LogP contribution is 2.20. The third-order valence-electron chi connectivity index (χ3n) is 2.02. The summed E-state index contributed by atoms with van der Waals surface area (Å²) in [5, 5.41) is 21.7. The second-order valence-corrected chi connectivity index (χ2v) is 4.45. The summed E-state index contributed by atoms with van der Waals surface area (Å²) in [4.78, 5) is 0. The maximum absolute atomic E-state index is 9.10. The van der Waals surface area contributed by atoms with E-state index in [0.29, 0.717) is 11.0 Å². The van der Waals surface area contributed by atoms with Gasteiger partial charge in [-0.2, -0.15) is 11.8 Å². The van der Waals surface area contributed by atoms with Gasteiger partial charge < -0.3 is 15.5 Å². The summed E-state index contributed by atoms with van der Waals surface area (Å²) < 4.78 is 0. The number of hydrogen-bond donors (Lipinski definition) is 3. The molecule has 0 radical (unpaired) electrons. The zero-order chi connectivity index (χ0) is 8.81.